The van der Waals surface area contributed by atoms with Gasteiger partial charge in [0.25, 0.3) is 0 Å². The van der Waals surface area contributed by atoms with Crippen LogP contribution in [0.15, 0.2) is 0 Å². The van der Waals surface area contributed by atoms with Crippen molar-refractivity contribution in [2.45, 2.75) is 315 Å². The zero-order chi connectivity index (χ0) is 51.7. The molecule has 1 fully saturated rings. The van der Waals surface area contributed by atoms with Gasteiger partial charge in [-0.1, -0.05) is 207 Å². The molecule has 0 bridgehead atoms. The molecule has 1 amide bonds. The largest absolute Gasteiger partial charge is 0.470 e. The van der Waals surface area contributed by atoms with Crippen LogP contribution in [0.3, 0.4) is 0 Å². The predicted octanol–water partition coefficient (Wildman–Crippen LogP) is 12.3. The lowest BCUT2D eigenvalue weighted by atomic mass is 9.96. The number of nitrogens with one attached hydrogen (secondary N) is 1. The van der Waals surface area contributed by atoms with Crippen molar-refractivity contribution < 1.29 is 67.2 Å². The van der Waals surface area contributed by atoms with Crippen LogP contribution in [0.1, 0.15) is 272 Å². The molecule has 412 valence electrons. The van der Waals surface area contributed by atoms with E-state index in [2.05, 4.69) is 33.0 Å². The monoisotopic (exact) mass is 1020 g/mol. The van der Waals surface area contributed by atoms with Gasteiger partial charge in [0.15, 0.2) is 12.4 Å². The molecule has 70 heavy (non-hydrogen) atoms. The van der Waals surface area contributed by atoms with Crippen LogP contribution in [0.2, 0.25) is 0 Å². The number of phosphoric acid groups is 1. The van der Waals surface area contributed by atoms with Crippen molar-refractivity contribution in [1.29, 1.82) is 0 Å². The highest BCUT2D eigenvalue weighted by atomic mass is 31.2. The highest BCUT2D eigenvalue weighted by Gasteiger charge is 2.51. The topological polar surface area (TPSA) is 224 Å². The third-order valence-corrected chi connectivity index (χ3v) is 13.8. The van der Waals surface area contributed by atoms with Gasteiger partial charge in [0.05, 0.1) is 19.4 Å². The normalized spacial score (nSPS) is 19.1. The first-order chi connectivity index (χ1) is 33.8. The number of amides is 1. The molecule has 1 aliphatic rings. The maximum absolute atomic E-state index is 13.9. The second-order valence-corrected chi connectivity index (χ2v) is 21.2. The Morgan fingerprint density at radius 3 is 1.24 bits per heavy atom. The summed E-state index contributed by atoms with van der Waals surface area (Å²) in [6, 6.07) is -1.62. The number of carbonyl (C=O) groups is 4. The zero-order valence-electron chi connectivity index (χ0n) is 44.4. The molecule has 15 nitrogen and oxygen atoms in total. The molecule has 0 aromatic rings. The highest BCUT2D eigenvalue weighted by molar-refractivity contribution is 7.46. The summed E-state index contributed by atoms with van der Waals surface area (Å²) in [6.45, 7) is 7.82. The van der Waals surface area contributed by atoms with Gasteiger partial charge in [0.2, 0.25) is 5.91 Å². The van der Waals surface area contributed by atoms with E-state index in [0.717, 1.165) is 109 Å². The third-order valence-electron chi connectivity index (χ3n) is 13.3. The Bertz CT molecular complexity index is 1370. The molecule has 0 aromatic heterocycles. The summed E-state index contributed by atoms with van der Waals surface area (Å²) < 4.78 is 40.5. The maximum Gasteiger partial charge on any atom is 0.470 e. The number of unbranched alkanes of at least 4 members (excludes halogenated alkanes) is 28. The molecule has 0 unspecified atom stereocenters. The first-order valence-electron chi connectivity index (χ1n) is 28.3. The molecule has 0 saturated carbocycles. The fourth-order valence-electron chi connectivity index (χ4n) is 9.20. The Kier molecular flexibility index (Phi) is 40.7. The van der Waals surface area contributed by atoms with Gasteiger partial charge in [-0.05, 0) is 38.5 Å². The Labute approximate surface area is 424 Å². The molecule has 0 radical (unpaired) electrons. The van der Waals surface area contributed by atoms with E-state index in [0.29, 0.717) is 38.5 Å². The van der Waals surface area contributed by atoms with Crippen molar-refractivity contribution in [3.8, 4) is 0 Å². The summed E-state index contributed by atoms with van der Waals surface area (Å²) in [5.74, 6) is -2.46. The Hall–Kier alpha value is -2.13. The van der Waals surface area contributed by atoms with Gasteiger partial charge in [-0.2, -0.15) is 0 Å². The van der Waals surface area contributed by atoms with Crippen molar-refractivity contribution in [1.82, 2.24) is 5.32 Å². The van der Waals surface area contributed by atoms with Crippen molar-refractivity contribution in [2.24, 2.45) is 0 Å². The molecular formula is C54H102NO14P. The predicted molar refractivity (Wildman–Crippen MR) is 275 cm³/mol. The van der Waals surface area contributed by atoms with E-state index in [1.54, 1.807) is 0 Å². The van der Waals surface area contributed by atoms with E-state index in [9.17, 15) is 43.7 Å². The minimum absolute atomic E-state index is 0.197. The van der Waals surface area contributed by atoms with Crippen LogP contribution in [-0.2, 0) is 47.2 Å². The Balaban J connectivity index is 3.21. The summed E-state index contributed by atoms with van der Waals surface area (Å²) in [6.07, 6.45) is 25.5. The van der Waals surface area contributed by atoms with Crippen LogP contribution in [0.5, 0.6) is 0 Å². The molecule has 0 aromatic carbocycles. The van der Waals surface area contributed by atoms with Gasteiger partial charge in [-0.25, -0.2) is 4.57 Å². The number of aliphatic hydroxyl groups is 2. The summed E-state index contributed by atoms with van der Waals surface area (Å²) in [5.41, 5.74) is 0. The number of ether oxygens (including phenoxy) is 4. The number of hydrogen-bond donors (Lipinski definition) is 5. The molecule has 7 atom stereocenters. The van der Waals surface area contributed by atoms with E-state index in [4.69, 9.17) is 23.5 Å². The lowest BCUT2D eigenvalue weighted by Gasteiger charge is -2.43. The lowest BCUT2D eigenvalue weighted by Crippen LogP contribution is -2.65. The Morgan fingerprint density at radius 1 is 0.514 bits per heavy atom. The minimum atomic E-state index is -5.34. The van der Waals surface area contributed by atoms with Crippen molar-refractivity contribution in [3.63, 3.8) is 0 Å². The summed E-state index contributed by atoms with van der Waals surface area (Å²) in [4.78, 5) is 73.9. The second kappa shape index (κ2) is 43.3. The van der Waals surface area contributed by atoms with Crippen LogP contribution >= 0.6 is 7.82 Å². The van der Waals surface area contributed by atoms with Crippen molar-refractivity contribution in [2.75, 3.05) is 6.61 Å². The van der Waals surface area contributed by atoms with Gasteiger partial charge < -0.3 is 44.3 Å². The van der Waals surface area contributed by atoms with Gasteiger partial charge in [-0.15, -0.1) is 0 Å². The highest BCUT2D eigenvalue weighted by Crippen LogP contribution is 2.42. The van der Waals surface area contributed by atoms with Crippen molar-refractivity contribution in [3.05, 3.63) is 0 Å². The Morgan fingerprint density at radius 2 is 0.871 bits per heavy atom. The van der Waals surface area contributed by atoms with Crippen LogP contribution in [0.25, 0.3) is 0 Å². The molecule has 5 N–H and O–H groups in total. The average molecular weight is 1020 g/mol. The van der Waals surface area contributed by atoms with Crippen LogP contribution < -0.4 is 5.32 Å². The fourth-order valence-corrected chi connectivity index (χ4v) is 9.77. The standard InChI is InChI=1S/C54H102NO14P/c1-5-9-13-17-21-23-27-29-33-37-44(65-48(58)39-35-31-25-19-15-11-7-3)41-47(57)55-51-53(52(69-70(62,63)64)46(43-56)67-54(51)61)68-50(60)42-45(38-34-30-28-24-22-18-14-10-6-2)66-49(59)40-36-32-26-20-16-12-8-4/h44-46,51-54,56,61H,5-43H2,1-4H3,(H,55,57)(H2,62,63,64)/t44-,45-,46-,51+,52-,53-,54+/m1/s1. The zero-order valence-corrected chi connectivity index (χ0v) is 45.3. The van der Waals surface area contributed by atoms with Gasteiger partial charge in [-0.3, -0.25) is 23.7 Å². The number of aliphatic hydroxyl groups excluding tert-OH is 2. The number of esters is 3. The lowest BCUT2D eigenvalue weighted by molar-refractivity contribution is -0.256. The first kappa shape index (κ1) is 65.9. The smallest absolute Gasteiger partial charge is 0.462 e. The van der Waals surface area contributed by atoms with Gasteiger partial charge >= 0.3 is 25.7 Å². The number of rotatable bonds is 47. The molecule has 1 saturated heterocycles. The van der Waals surface area contributed by atoms with E-state index < -0.39 is 87.5 Å². The quantitative estimate of drug-likeness (QED) is 0.0166. The molecule has 0 spiro atoms. The molecule has 1 rings (SSSR count). The summed E-state index contributed by atoms with van der Waals surface area (Å²) in [7, 11) is -5.34. The fraction of sp³-hybridized carbons (Fsp3) is 0.926. The molecule has 1 heterocycles. The van der Waals surface area contributed by atoms with Crippen LogP contribution in [-0.4, -0.2) is 93.3 Å². The molecule has 16 heteroatoms. The second-order valence-electron chi connectivity index (χ2n) is 20.0. The minimum Gasteiger partial charge on any atom is -0.462 e. The number of phosphoric ester groups is 1. The first-order valence-corrected chi connectivity index (χ1v) is 29.9. The molecule has 1 aliphatic heterocycles. The van der Waals surface area contributed by atoms with E-state index in [1.165, 1.54) is 70.6 Å². The third kappa shape index (κ3) is 35.1. The van der Waals surface area contributed by atoms with Gasteiger partial charge in [0, 0.05) is 12.8 Å². The van der Waals surface area contributed by atoms with E-state index in [1.807, 2.05) is 0 Å². The SMILES string of the molecule is CCCCCCCCCCC[C@H](CC(=O)N[C@H]1[C@@H](OC(=O)C[C@@H](CCCCCCCCCCC)OC(=O)CCCCCCCCC)[C@H](OP(=O)(O)O)[C@@H](CO)O[C@@H]1O)OC(=O)CCCCCCCCC. The molecular weight excluding hydrogens is 918 g/mol. The number of carbonyl (C=O) groups excluding carboxylic acids is 4. The van der Waals surface area contributed by atoms with Crippen LogP contribution in [0, 0.1) is 0 Å². The molecule has 0 aliphatic carbocycles. The van der Waals surface area contributed by atoms with Crippen molar-refractivity contribution >= 4 is 31.6 Å². The van der Waals surface area contributed by atoms with E-state index in [-0.39, 0.29) is 19.3 Å². The van der Waals surface area contributed by atoms with E-state index >= 15 is 0 Å². The average Bonchev–Trinajstić information content (AvgIpc) is 3.31. The maximum atomic E-state index is 13.9. The summed E-state index contributed by atoms with van der Waals surface area (Å²) in [5, 5.41) is 24.1. The van der Waals surface area contributed by atoms with Crippen LogP contribution in [0.4, 0.5) is 0 Å². The number of hydrogen-bond acceptors (Lipinski definition) is 12. The van der Waals surface area contributed by atoms with Gasteiger partial charge in [0.1, 0.15) is 30.5 Å². The summed E-state index contributed by atoms with van der Waals surface area (Å²) >= 11 is 0.